The predicted octanol–water partition coefficient (Wildman–Crippen LogP) is 2.04. The number of hydrogen-bond acceptors (Lipinski definition) is 2. The monoisotopic (exact) mass is 214 g/mol. The molecule has 1 aromatic rings. The fourth-order valence-corrected chi connectivity index (χ4v) is 1.66. The average molecular weight is 215 g/mol. The molecule has 0 aliphatic rings. The first-order chi connectivity index (χ1) is 5.02. The van der Waals surface area contributed by atoms with Crippen molar-refractivity contribution in [2.24, 2.45) is 5.73 Å². The second kappa shape index (κ2) is 2.91. The minimum Gasteiger partial charge on any atom is -0.322 e. The lowest BCUT2D eigenvalue weighted by Crippen LogP contribution is -2.29. The van der Waals surface area contributed by atoms with Crippen LogP contribution in [-0.4, -0.2) is 4.98 Å². The number of rotatable bonds is 1. The summed E-state index contributed by atoms with van der Waals surface area (Å²) in [5, 5.41) is 0. The van der Waals surface area contributed by atoms with Crippen molar-refractivity contribution in [3.05, 3.63) is 28.5 Å². The van der Waals surface area contributed by atoms with Crippen LogP contribution < -0.4 is 5.73 Å². The summed E-state index contributed by atoms with van der Waals surface area (Å²) in [4.78, 5) is 3.96. The van der Waals surface area contributed by atoms with Gasteiger partial charge in [-0.05, 0) is 41.4 Å². The van der Waals surface area contributed by atoms with E-state index in [1.54, 1.807) is 12.4 Å². The predicted molar refractivity (Wildman–Crippen MR) is 49.2 cm³/mol. The van der Waals surface area contributed by atoms with Crippen LogP contribution in [0.3, 0.4) is 0 Å². The SMILES string of the molecule is CC(C)(N)c1ccncc1Br. The molecule has 0 atom stereocenters. The third kappa shape index (κ3) is 2.01. The van der Waals surface area contributed by atoms with Gasteiger partial charge in [0.1, 0.15) is 0 Å². The summed E-state index contributed by atoms with van der Waals surface area (Å²) in [6.07, 6.45) is 3.50. The molecule has 0 saturated carbocycles. The van der Waals surface area contributed by atoms with E-state index in [9.17, 15) is 0 Å². The molecule has 1 heterocycles. The Hall–Kier alpha value is -0.410. The largest absolute Gasteiger partial charge is 0.322 e. The third-order valence-electron chi connectivity index (χ3n) is 1.47. The van der Waals surface area contributed by atoms with Crippen LogP contribution in [0.25, 0.3) is 0 Å². The molecule has 0 aliphatic heterocycles. The van der Waals surface area contributed by atoms with Crippen molar-refractivity contribution < 1.29 is 0 Å². The maximum absolute atomic E-state index is 5.90. The Bertz CT molecular complexity index is 253. The van der Waals surface area contributed by atoms with Gasteiger partial charge >= 0.3 is 0 Å². The van der Waals surface area contributed by atoms with E-state index in [-0.39, 0.29) is 5.54 Å². The van der Waals surface area contributed by atoms with Gasteiger partial charge in [0.25, 0.3) is 0 Å². The second-order valence-corrected chi connectivity index (χ2v) is 3.93. The van der Waals surface area contributed by atoms with Crippen molar-refractivity contribution in [1.29, 1.82) is 0 Å². The van der Waals surface area contributed by atoms with Gasteiger partial charge in [0, 0.05) is 22.4 Å². The molecule has 0 radical (unpaired) electrons. The molecule has 0 spiro atoms. The molecule has 60 valence electrons. The highest BCUT2D eigenvalue weighted by molar-refractivity contribution is 9.10. The average Bonchev–Trinajstić information content (AvgIpc) is 1.86. The van der Waals surface area contributed by atoms with Crippen molar-refractivity contribution in [1.82, 2.24) is 4.98 Å². The summed E-state index contributed by atoms with van der Waals surface area (Å²) in [6, 6.07) is 1.92. The van der Waals surface area contributed by atoms with Crippen LogP contribution in [0, 0.1) is 0 Å². The van der Waals surface area contributed by atoms with Gasteiger partial charge in [0.05, 0.1) is 0 Å². The first kappa shape index (κ1) is 8.68. The van der Waals surface area contributed by atoms with E-state index < -0.39 is 0 Å². The first-order valence-corrected chi connectivity index (χ1v) is 4.20. The summed E-state index contributed by atoms with van der Waals surface area (Å²) < 4.78 is 0.965. The number of nitrogens with zero attached hydrogens (tertiary/aromatic N) is 1. The normalized spacial score (nSPS) is 11.6. The van der Waals surface area contributed by atoms with E-state index in [2.05, 4.69) is 20.9 Å². The molecule has 0 aromatic carbocycles. The van der Waals surface area contributed by atoms with Crippen molar-refractivity contribution in [3.8, 4) is 0 Å². The third-order valence-corrected chi connectivity index (χ3v) is 2.10. The quantitative estimate of drug-likeness (QED) is 0.778. The van der Waals surface area contributed by atoms with E-state index in [0.717, 1.165) is 10.0 Å². The highest BCUT2D eigenvalue weighted by atomic mass is 79.9. The Balaban J connectivity index is 3.14. The fraction of sp³-hybridized carbons (Fsp3) is 0.375. The molecule has 1 aromatic heterocycles. The fourth-order valence-electron chi connectivity index (χ4n) is 0.898. The van der Waals surface area contributed by atoms with Gasteiger partial charge in [-0.3, -0.25) is 4.98 Å². The van der Waals surface area contributed by atoms with Gasteiger partial charge in [-0.25, -0.2) is 0 Å². The van der Waals surface area contributed by atoms with Crippen molar-refractivity contribution >= 4 is 15.9 Å². The molecule has 11 heavy (non-hydrogen) atoms. The molecular weight excluding hydrogens is 204 g/mol. The van der Waals surface area contributed by atoms with Crippen LogP contribution in [-0.2, 0) is 5.54 Å². The van der Waals surface area contributed by atoms with Gasteiger partial charge in [-0.2, -0.15) is 0 Å². The molecule has 2 N–H and O–H groups in total. The highest BCUT2D eigenvalue weighted by Crippen LogP contribution is 2.24. The Morgan fingerprint density at radius 1 is 1.55 bits per heavy atom. The van der Waals surface area contributed by atoms with Gasteiger partial charge in [-0.1, -0.05) is 0 Å². The molecular formula is C8H11BrN2. The Morgan fingerprint density at radius 3 is 2.55 bits per heavy atom. The number of hydrogen-bond donors (Lipinski definition) is 1. The number of halogens is 1. The maximum Gasteiger partial charge on any atom is 0.0413 e. The zero-order valence-electron chi connectivity index (χ0n) is 6.63. The van der Waals surface area contributed by atoms with Crippen molar-refractivity contribution in [2.75, 3.05) is 0 Å². The van der Waals surface area contributed by atoms with Crippen molar-refractivity contribution in [3.63, 3.8) is 0 Å². The van der Waals surface area contributed by atoms with E-state index >= 15 is 0 Å². The number of aromatic nitrogens is 1. The summed E-state index contributed by atoms with van der Waals surface area (Å²) in [5.74, 6) is 0. The summed E-state index contributed by atoms with van der Waals surface area (Å²) in [7, 11) is 0. The van der Waals surface area contributed by atoms with Crippen LogP contribution in [0.15, 0.2) is 22.9 Å². The van der Waals surface area contributed by atoms with Crippen LogP contribution in [0.4, 0.5) is 0 Å². The van der Waals surface area contributed by atoms with Crippen LogP contribution >= 0.6 is 15.9 Å². The second-order valence-electron chi connectivity index (χ2n) is 3.08. The maximum atomic E-state index is 5.90. The minimum absolute atomic E-state index is 0.304. The zero-order valence-corrected chi connectivity index (χ0v) is 8.22. The standard InChI is InChI=1S/C8H11BrN2/c1-8(2,10)6-3-4-11-5-7(6)9/h3-5H,10H2,1-2H3. The summed E-state index contributed by atoms with van der Waals surface area (Å²) in [6.45, 7) is 3.93. The van der Waals surface area contributed by atoms with Gasteiger partial charge in [0.15, 0.2) is 0 Å². The number of nitrogens with two attached hydrogens (primary N) is 1. The zero-order chi connectivity index (χ0) is 8.48. The lowest BCUT2D eigenvalue weighted by Gasteiger charge is -2.19. The van der Waals surface area contributed by atoms with E-state index in [1.807, 2.05) is 19.9 Å². The van der Waals surface area contributed by atoms with Gasteiger partial charge < -0.3 is 5.73 Å². The molecule has 0 amide bonds. The Labute approximate surface area is 75.0 Å². The summed E-state index contributed by atoms with van der Waals surface area (Å²) in [5.41, 5.74) is 6.67. The smallest absolute Gasteiger partial charge is 0.0413 e. The number of pyridine rings is 1. The van der Waals surface area contributed by atoms with E-state index in [4.69, 9.17) is 5.73 Å². The van der Waals surface area contributed by atoms with E-state index in [1.165, 1.54) is 0 Å². The molecule has 0 bridgehead atoms. The molecule has 0 saturated heterocycles. The lowest BCUT2D eigenvalue weighted by molar-refractivity contribution is 0.550. The Morgan fingerprint density at radius 2 is 2.18 bits per heavy atom. The van der Waals surface area contributed by atoms with E-state index in [0.29, 0.717) is 0 Å². The molecule has 1 rings (SSSR count). The highest BCUT2D eigenvalue weighted by Gasteiger charge is 2.16. The molecule has 0 fully saturated rings. The topological polar surface area (TPSA) is 38.9 Å². The summed E-state index contributed by atoms with van der Waals surface area (Å²) >= 11 is 3.39. The lowest BCUT2D eigenvalue weighted by atomic mass is 9.97. The minimum atomic E-state index is -0.304. The van der Waals surface area contributed by atoms with Gasteiger partial charge in [0.2, 0.25) is 0 Å². The Kier molecular flexibility index (Phi) is 2.30. The molecule has 2 nitrogen and oxygen atoms in total. The molecule has 0 aliphatic carbocycles. The first-order valence-electron chi connectivity index (χ1n) is 3.40. The van der Waals surface area contributed by atoms with Crippen LogP contribution in [0.1, 0.15) is 19.4 Å². The van der Waals surface area contributed by atoms with Crippen LogP contribution in [0.5, 0.6) is 0 Å². The molecule has 0 unspecified atom stereocenters. The van der Waals surface area contributed by atoms with Crippen molar-refractivity contribution in [2.45, 2.75) is 19.4 Å². The van der Waals surface area contributed by atoms with Crippen LogP contribution in [0.2, 0.25) is 0 Å². The molecule has 3 heteroatoms. The van der Waals surface area contributed by atoms with Gasteiger partial charge in [-0.15, -0.1) is 0 Å².